The molecule has 0 atom stereocenters. The summed E-state index contributed by atoms with van der Waals surface area (Å²) in [4.78, 5) is 13.3. The first-order valence-electron chi connectivity index (χ1n) is 5.61. The molecule has 0 N–H and O–H groups in total. The Hall–Kier alpha value is -2.03. The maximum atomic E-state index is 11.7. The number of benzene rings is 2. The molecule has 0 aliphatic heterocycles. The van der Waals surface area contributed by atoms with Crippen molar-refractivity contribution < 1.29 is 9.53 Å². The van der Waals surface area contributed by atoms with E-state index in [1.807, 2.05) is 49.4 Å². The minimum Gasteiger partial charge on any atom is -0.452 e. The van der Waals surface area contributed by atoms with Gasteiger partial charge < -0.3 is 4.74 Å². The number of hydrogen-bond acceptors (Lipinski definition) is 2. The molecule has 0 aromatic heterocycles. The Kier molecular flexibility index (Phi) is 3.28. The number of methoxy groups -OCH3 is 1. The first-order chi connectivity index (χ1) is 8.27. The van der Waals surface area contributed by atoms with Gasteiger partial charge in [0, 0.05) is 11.9 Å². The third kappa shape index (κ3) is 2.09. The van der Waals surface area contributed by atoms with Gasteiger partial charge in [-0.15, -0.1) is 0 Å². The van der Waals surface area contributed by atoms with E-state index < -0.39 is 0 Å². The van der Waals surface area contributed by atoms with Crippen molar-refractivity contribution >= 4 is 22.6 Å². The van der Waals surface area contributed by atoms with Crippen LogP contribution in [0.1, 0.15) is 6.92 Å². The molecule has 0 spiro atoms. The number of fused-ring (bicyclic) bond motifs is 1. The van der Waals surface area contributed by atoms with Gasteiger partial charge in [0.15, 0.2) is 0 Å². The number of carbonyl (C=O) groups excluding carboxylic acids is 1. The largest absolute Gasteiger partial charge is 0.452 e. The summed E-state index contributed by atoms with van der Waals surface area (Å²) in [7, 11) is 1.40. The standard InChI is InChI=1S/C14H15NO2/c1-3-15(14(16)17-2)13-10-6-8-11-7-4-5-9-12(11)13/h4-10H,3H2,1-2H3. The van der Waals surface area contributed by atoms with E-state index >= 15 is 0 Å². The summed E-state index contributed by atoms with van der Waals surface area (Å²) >= 11 is 0. The fraction of sp³-hybridized carbons (Fsp3) is 0.214. The van der Waals surface area contributed by atoms with Crippen molar-refractivity contribution in [2.45, 2.75) is 6.92 Å². The highest BCUT2D eigenvalue weighted by molar-refractivity contribution is 6.01. The SMILES string of the molecule is CCN(C(=O)OC)c1cccc2ccccc12. The monoisotopic (exact) mass is 229 g/mol. The molecule has 0 unspecified atom stereocenters. The first-order valence-corrected chi connectivity index (χ1v) is 5.61. The molecule has 1 amide bonds. The molecule has 0 heterocycles. The second-order valence-corrected chi connectivity index (χ2v) is 3.71. The maximum absolute atomic E-state index is 11.7. The summed E-state index contributed by atoms with van der Waals surface area (Å²) in [6.07, 6.45) is -0.330. The highest BCUT2D eigenvalue weighted by Gasteiger charge is 2.15. The summed E-state index contributed by atoms with van der Waals surface area (Å²) in [5.74, 6) is 0. The summed E-state index contributed by atoms with van der Waals surface area (Å²) in [6, 6.07) is 13.9. The Balaban J connectivity index is 2.57. The Morgan fingerprint density at radius 2 is 1.88 bits per heavy atom. The van der Waals surface area contributed by atoms with Crippen molar-refractivity contribution in [3.05, 3.63) is 42.5 Å². The molecule has 0 saturated heterocycles. The predicted molar refractivity (Wildman–Crippen MR) is 69.4 cm³/mol. The molecule has 0 saturated carbocycles. The molecule has 2 rings (SSSR count). The Bertz CT molecular complexity index is 531. The van der Waals surface area contributed by atoms with Crippen molar-refractivity contribution in [1.29, 1.82) is 0 Å². The molecule has 0 radical (unpaired) electrons. The molecule has 2 aromatic rings. The van der Waals surface area contributed by atoms with Crippen LogP contribution in [0.3, 0.4) is 0 Å². The second kappa shape index (κ2) is 4.87. The van der Waals surface area contributed by atoms with Gasteiger partial charge >= 0.3 is 6.09 Å². The lowest BCUT2D eigenvalue weighted by atomic mass is 10.1. The van der Waals surface area contributed by atoms with E-state index in [9.17, 15) is 4.79 Å². The third-order valence-electron chi connectivity index (χ3n) is 2.77. The van der Waals surface area contributed by atoms with Crippen LogP contribution < -0.4 is 4.90 Å². The number of carbonyl (C=O) groups is 1. The van der Waals surface area contributed by atoms with Gasteiger partial charge in [-0.1, -0.05) is 36.4 Å². The van der Waals surface area contributed by atoms with Gasteiger partial charge in [-0.05, 0) is 18.4 Å². The highest BCUT2D eigenvalue weighted by atomic mass is 16.5. The van der Waals surface area contributed by atoms with Gasteiger partial charge in [0.05, 0.1) is 12.8 Å². The summed E-state index contributed by atoms with van der Waals surface area (Å²) < 4.78 is 4.79. The lowest BCUT2D eigenvalue weighted by Crippen LogP contribution is -2.30. The molecule has 17 heavy (non-hydrogen) atoms. The number of nitrogens with zero attached hydrogens (tertiary/aromatic N) is 1. The van der Waals surface area contributed by atoms with Crippen molar-refractivity contribution in [3.8, 4) is 0 Å². The molecule has 0 fully saturated rings. The Morgan fingerprint density at radius 1 is 1.18 bits per heavy atom. The van der Waals surface area contributed by atoms with Crippen molar-refractivity contribution in [3.63, 3.8) is 0 Å². The average Bonchev–Trinajstić information content (AvgIpc) is 2.39. The van der Waals surface area contributed by atoms with E-state index in [1.165, 1.54) is 7.11 Å². The number of hydrogen-bond donors (Lipinski definition) is 0. The maximum Gasteiger partial charge on any atom is 0.414 e. The fourth-order valence-electron chi connectivity index (χ4n) is 1.95. The lowest BCUT2D eigenvalue weighted by molar-refractivity contribution is 0.179. The molecule has 3 nitrogen and oxygen atoms in total. The van der Waals surface area contributed by atoms with Gasteiger partial charge in [-0.3, -0.25) is 4.90 Å². The van der Waals surface area contributed by atoms with E-state index in [-0.39, 0.29) is 6.09 Å². The number of anilines is 1. The molecule has 0 aliphatic rings. The highest BCUT2D eigenvalue weighted by Crippen LogP contribution is 2.26. The normalized spacial score (nSPS) is 10.2. The van der Waals surface area contributed by atoms with Gasteiger partial charge in [0.2, 0.25) is 0 Å². The average molecular weight is 229 g/mol. The lowest BCUT2D eigenvalue weighted by Gasteiger charge is -2.21. The van der Waals surface area contributed by atoms with Gasteiger partial charge in [-0.2, -0.15) is 0 Å². The van der Waals surface area contributed by atoms with Crippen LogP contribution >= 0.6 is 0 Å². The molecule has 2 aromatic carbocycles. The number of amides is 1. The van der Waals surface area contributed by atoms with Gasteiger partial charge in [0.25, 0.3) is 0 Å². The molecule has 88 valence electrons. The molecule has 3 heteroatoms. The van der Waals surface area contributed by atoms with Crippen LogP contribution in [0.25, 0.3) is 10.8 Å². The van der Waals surface area contributed by atoms with Crippen LogP contribution in [0.15, 0.2) is 42.5 Å². The Labute approximate surface area is 101 Å². The van der Waals surface area contributed by atoms with Gasteiger partial charge in [-0.25, -0.2) is 4.79 Å². The summed E-state index contributed by atoms with van der Waals surface area (Å²) in [5, 5.41) is 2.18. The molecular weight excluding hydrogens is 214 g/mol. The smallest absolute Gasteiger partial charge is 0.414 e. The third-order valence-corrected chi connectivity index (χ3v) is 2.77. The molecule has 0 aliphatic carbocycles. The minimum absolute atomic E-state index is 0.330. The van der Waals surface area contributed by atoms with E-state index in [2.05, 4.69) is 0 Å². The van der Waals surface area contributed by atoms with E-state index in [4.69, 9.17) is 4.74 Å². The molecular formula is C14H15NO2. The first kappa shape index (κ1) is 11.5. The van der Waals surface area contributed by atoms with Crippen LogP contribution in [0.5, 0.6) is 0 Å². The Morgan fingerprint density at radius 3 is 2.59 bits per heavy atom. The van der Waals surface area contributed by atoms with Crippen molar-refractivity contribution in [2.24, 2.45) is 0 Å². The van der Waals surface area contributed by atoms with E-state index in [1.54, 1.807) is 4.90 Å². The summed E-state index contributed by atoms with van der Waals surface area (Å²) in [5.41, 5.74) is 0.887. The topological polar surface area (TPSA) is 29.5 Å². The zero-order valence-electron chi connectivity index (χ0n) is 10.0. The van der Waals surface area contributed by atoms with Crippen LogP contribution in [0.2, 0.25) is 0 Å². The van der Waals surface area contributed by atoms with E-state index in [0.29, 0.717) is 6.54 Å². The van der Waals surface area contributed by atoms with Crippen LogP contribution in [0.4, 0.5) is 10.5 Å². The zero-order valence-corrected chi connectivity index (χ0v) is 10.0. The van der Waals surface area contributed by atoms with Crippen LogP contribution in [-0.2, 0) is 4.74 Å². The molecule has 0 bridgehead atoms. The number of rotatable bonds is 2. The fourth-order valence-corrected chi connectivity index (χ4v) is 1.95. The number of ether oxygens (including phenoxy) is 1. The van der Waals surface area contributed by atoms with Crippen LogP contribution in [0, 0.1) is 0 Å². The van der Waals surface area contributed by atoms with Crippen LogP contribution in [-0.4, -0.2) is 19.7 Å². The summed E-state index contributed by atoms with van der Waals surface area (Å²) in [6.45, 7) is 2.51. The van der Waals surface area contributed by atoms with Gasteiger partial charge in [0.1, 0.15) is 0 Å². The zero-order chi connectivity index (χ0) is 12.3. The predicted octanol–water partition coefficient (Wildman–Crippen LogP) is 3.43. The quantitative estimate of drug-likeness (QED) is 0.789. The second-order valence-electron chi connectivity index (χ2n) is 3.71. The van der Waals surface area contributed by atoms with Crippen molar-refractivity contribution in [2.75, 3.05) is 18.6 Å². The van der Waals surface area contributed by atoms with E-state index in [0.717, 1.165) is 16.5 Å². The van der Waals surface area contributed by atoms with Crippen molar-refractivity contribution in [1.82, 2.24) is 0 Å². The minimum atomic E-state index is -0.330.